The number of thioether (sulfide) groups is 1. The van der Waals surface area contributed by atoms with Crippen molar-refractivity contribution >= 4 is 39.4 Å². The summed E-state index contributed by atoms with van der Waals surface area (Å²) in [6.45, 7) is 0. The zero-order valence-corrected chi connectivity index (χ0v) is 14.5. The fourth-order valence-electron chi connectivity index (χ4n) is 2.73. The highest BCUT2D eigenvalue weighted by atomic mass is 79.9. The molecule has 0 fully saturated rings. The van der Waals surface area contributed by atoms with Crippen LogP contribution in [0.1, 0.15) is 23.5 Å². The van der Waals surface area contributed by atoms with Gasteiger partial charge in [0.2, 0.25) is 5.91 Å². The van der Waals surface area contributed by atoms with Crippen LogP contribution in [0.5, 0.6) is 0 Å². The maximum atomic E-state index is 12.5. The number of hydrogen-bond acceptors (Lipinski definition) is 4. The van der Waals surface area contributed by atoms with E-state index < -0.39 is 0 Å². The fraction of sp³-hybridized carbons (Fsp3) is 0.267. The monoisotopic (exact) mass is 379 g/mol. The average molecular weight is 380 g/mol. The van der Waals surface area contributed by atoms with Crippen LogP contribution in [0, 0.1) is 0 Å². The molecular formula is C15H14BrN3O2S. The molecule has 1 amide bonds. The highest BCUT2D eigenvalue weighted by molar-refractivity contribution is 9.10. The summed E-state index contributed by atoms with van der Waals surface area (Å²) >= 11 is 4.81. The number of halogens is 1. The summed E-state index contributed by atoms with van der Waals surface area (Å²) in [5, 5.41) is 3.40. The van der Waals surface area contributed by atoms with Crippen LogP contribution in [-0.4, -0.2) is 21.7 Å². The molecule has 1 unspecified atom stereocenters. The van der Waals surface area contributed by atoms with Crippen molar-refractivity contribution in [3.05, 3.63) is 50.2 Å². The third kappa shape index (κ3) is 2.59. The largest absolute Gasteiger partial charge is 0.312 e. The van der Waals surface area contributed by atoms with Gasteiger partial charge in [-0.3, -0.25) is 9.59 Å². The van der Waals surface area contributed by atoms with Crippen molar-refractivity contribution in [2.75, 3.05) is 11.6 Å². The zero-order chi connectivity index (χ0) is 15.9. The number of nitrogens with zero attached hydrogens (tertiary/aromatic N) is 2. The molecule has 1 atom stereocenters. The van der Waals surface area contributed by atoms with Crippen molar-refractivity contribution in [1.29, 1.82) is 0 Å². The molecule has 1 aromatic heterocycles. The topological polar surface area (TPSA) is 64.0 Å². The Morgan fingerprint density at radius 1 is 1.41 bits per heavy atom. The highest BCUT2D eigenvalue weighted by Gasteiger charge is 2.31. The Kier molecular flexibility index (Phi) is 4.10. The van der Waals surface area contributed by atoms with Gasteiger partial charge >= 0.3 is 0 Å². The van der Waals surface area contributed by atoms with Gasteiger partial charge in [-0.2, -0.15) is 4.98 Å². The lowest BCUT2D eigenvalue weighted by molar-refractivity contribution is -0.116. The van der Waals surface area contributed by atoms with Gasteiger partial charge in [-0.1, -0.05) is 39.8 Å². The van der Waals surface area contributed by atoms with Crippen molar-refractivity contribution < 1.29 is 4.79 Å². The van der Waals surface area contributed by atoms with E-state index in [1.165, 1.54) is 11.8 Å². The number of anilines is 1. The number of carbonyl (C=O) groups excluding carboxylic acids is 1. The molecule has 2 aromatic rings. The summed E-state index contributed by atoms with van der Waals surface area (Å²) in [4.78, 5) is 28.7. The first-order valence-corrected chi connectivity index (χ1v) is 8.73. The third-order valence-corrected chi connectivity index (χ3v) is 4.96. The first-order valence-electron chi connectivity index (χ1n) is 6.71. The Bertz CT molecular complexity index is 819. The molecule has 0 bridgehead atoms. The van der Waals surface area contributed by atoms with E-state index in [0.29, 0.717) is 16.5 Å². The maximum absolute atomic E-state index is 12.5. The summed E-state index contributed by atoms with van der Waals surface area (Å²) in [6.07, 6.45) is 2.10. The van der Waals surface area contributed by atoms with Gasteiger partial charge in [0.15, 0.2) is 5.16 Å². The number of amides is 1. The molecule has 0 saturated heterocycles. The molecule has 1 aromatic carbocycles. The predicted molar refractivity (Wildman–Crippen MR) is 90.5 cm³/mol. The smallest absolute Gasteiger partial charge is 0.279 e. The van der Waals surface area contributed by atoms with Crippen molar-refractivity contribution in [3.8, 4) is 0 Å². The van der Waals surface area contributed by atoms with Crippen LogP contribution in [0.2, 0.25) is 0 Å². The van der Waals surface area contributed by atoms with E-state index in [0.717, 1.165) is 10.0 Å². The van der Waals surface area contributed by atoms with Crippen LogP contribution < -0.4 is 10.9 Å². The second kappa shape index (κ2) is 5.89. The quantitative estimate of drug-likeness (QED) is 0.643. The SMILES string of the molecule is CSc1nc(=O)c2c(n1C)NC(=O)CC2c1cccc(Br)c1. The first-order chi connectivity index (χ1) is 10.5. The Morgan fingerprint density at radius 2 is 2.18 bits per heavy atom. The van der Waals surface area contributed by atoms with Crippen LogP contribution in [-0.2, 0) is 11.8 Å². The van der Waals surface area contributed by atoms with Gasteiger partial charge in [0.1, 0.15) is 5.82 Å². The number of hydrogen-bond donors (Lipinski definition) is 1. The van der Waals surface area contributed by atoms with Gasteiger partial charge in [-0.25, -0.2) is 0 Å². The molecule has 5 nitrogen and oxygen atoms in total. The molecule has 1 aliphatic heterocycles. The van der Waals surface area contributed by atoms with E-state index in [1.54, 1.807) is 11.6 Å². The molecule has 0 aliphatic carbocycles. The minimum Gasteiger partial charge on any atom is -0.312 e. The van der Waals surface area contributed by atoms with Crippen molar-refractivity contribution in [2.24, 2.45) is 7.05 Å². The Hall–Kier alpha value is -1.60. The van der Waals surface area contributed by atoms with Crippen molar-refractivity contribution in [3.63, 3.8) is 0 Å². The van der Waals surface area contributed by atoms with Gasteiger partial charge in [0, 0.05) is 23.9 Å². The van der Waals surface area contributed by atoms with Crippen LogP contribution in [0.4, 0.5) is 5.82 Å². The maximum Gasteiger partial charge on any atom is 0.279 e. The third-order valence-electron chi connectivity index (χ3n) is 3.73. The van der Waals surface area contributed by atoms with E-state index in [4.69, 9.17) is 0 Å². The standard InChI is InChI=1S/C15H14BrN3O2S/c1-19-13-12(14(21)18-15(19)22-2)10(7-11(20)17-13)8-4-3-5-9(16)6-8/h3-6,10H,7H2,1-2H3,(H,17,20). The lowest BCUT2D eigenvalue weighted by Crippen LogP contribution is -2.33. The molecule has 3 rings (SSSR count). The molecular weight excluding hydrogens is 366 g/mol. The van der Waals surface area contributed by atoms with Crippen molar-refractivity contribution in [1.82, 2.24) is 9.55 Å². The minimum atomic E-state index is -0.276. The molecule has 22 heavy (non-hydrogen) atoms. The van der Waals surface area contributed by atoms with E-state index in [1.807, 2.05) is 30.5 Å². The Morgan fingerprint density at radius 3 is 2.86 bits per heavy atom. The van der Waals surface area contributed by atoms with E-state index in [9.17, 15) is 9.59 Å². The molecule has 0 radical (unpaired) electrons. The van der Waals surface area contributed by atoms with Crippen LogP contribution >= 0.6 is 27.7 Å². The Balaban J connectivity index is 2.24. The average Bonchev–Trinajstić information content (AvgIpc) is 2.50. The van der Waals surface area contributed by atoms with Gasteiger partial charge in [-0.05, 0) is 24.0 Å². The lowest BCUT2D eigenvalue weighted by atomic mass is 9.87. The number of fused-ring (bicyclic) bond motifs is 1. The first kappa shape index (κ1) is 15.3. The number of aromatic nitrogens is 2. The number of benzene rings is 1. The molecule has 0 saturated carbocycles. The number of carbonyl (C=O) groups is 1. The minimum absolute atomic E-state index is 0.0919. The van der Waals surface area contributed by atoms with Gasteiger partial charge < -0.3 is 9.88 Å². The molecule has 0 spiro atoms. The van der Waals surface area contributed by atoms with E-state index >= 15 is 0 Å². The lowest BCUT2D eigenvalue weighted by Gasteiger charge is -2.27. The summed E-state index contributed by atoms with van der Waals surface area (Å²) in [6, 6.07) is 7.69. The summed E-state index contributed by atoms with van der Waals surface area (Å²) in [5.41, 5.74) is 1.21. The van der Waals surface area contributed by atoms with E-state index in [-0.39, 0.29) is 23.8 Å². The van der Waals surface area contributed by atoms with Crippen LogP contribution in [0.3, 0.4) is 0 Å². The summed E-state index contributed by atoms with van der Waals surface area (Å²) < 4.78 is 2.69. The molecule has 1 N–H and O–H groups in total. The van der Waals surface area contributed by atoms with Gasteiger partial charge in [0.05, 0.1) is 5.56 Å². The predicted octanol–water partition coefficient (Wildman–Crippen LogP) is 2.74. The molecule has 7 heteroatoms. The van der Waals surface area contributed by atoms with Gasteiger partial charge in [0.25, 0.3) is 5.56 Å². The fourth-order valence-corrected chi connectivity index (χ4v) is 3.68. The molecule has 2 heterocycles. The van der Waals surface area contributed by atoms with Crippen LogP contribution in [0.25, 0.3) is 0 Å². The van der Waals surface area contributed by atoms with Gasteiger partial charge in [-0.15, -0.1) is 0 Å². The van der Waals surface area contributed by atoms with Crippen molar-refractivity contribution in [2.45, 2.75) is 17.5 Å². The van der Waals surface area contributed by atoms with E-state index in [2.05, 4.69) is 26.2 Å². The Labute approximate surface area is 140 Å². The summed E-state index contributed by atoms with van der Waals surface area (Å²) in [5.74, 6) is 0.180. The number of nitrogens with one attached hydrogen (secondary N) is 1. The zero-order valence-electron chi connectivity index (χ0n) is 12.1. The highest BCUT2D eigenvalue weighted by Crippen LogP contribution is 2.36. The molecule has 1 aliphatic rings. The van der Waals surface area contributed by atoms with Crippen LogP contribution in [0.15, 0.2) is 38.7 Å². The second-order valence-corrected chi connectivity index (χ2v) is 6.77. The number of rotatable bonds is 2. The normalized spacial score (nSPS) is 17.0. The summed E-state index contributed by atoms with van der Waals surface area (Å²) in [7, 11) is 1.81. The second-order valence-electron chi connectivity index (χ2n) is 5.08. The molecule has 114 valence electrons.